The number of nitrogens with two attached hydrogens (primary N) is 2. The Balaban J connectivity index is -0.000000200. The van der Waals surface area contributed by atoms with Gasteiger partial charge in [-0.05, 0) is 18.6 Å². The standard InChI is InChI=1S/C5H6O4.2C2H7N/c1-3(5(8)9)2-4(6)7;2*1-3-2/h2H,1H3,(H,6,7)(H,8,9);2*3H,1-2H3/b3-2+;;. The van der Waals surface area contributed by atoms with Gasteiger partial charge in [0, 0.05) is 0 Å². The van der Waals surface area contributed by atoms with Crippen LogP contribution in [0, 0.1) is 0 Å². The third-order valence-corrected chi connectivity index (χ3v) is 0.656. The predicted octanol–water partition coefficient (Wildman–Crippen LogP) is -4.95. The van der Waals surface area contributed by atoms with E-state index < -0.39 is 11.9 Å². The molecule has 0 rings (SSSR count). The Morgan fingerprint density at radius 2 is 1.27 bits per heavy atom. The number of aliphatic carboxylic acids is 2. The van der Waals surface area contributed by atoms with Crippen LogP contribution in [0.1, 0.15) is 6.92 Å². The Kier molecular flexibility index (Phi) is 19.3. The molecule has 0 amide bonds. The molecule has 0 atom stereocenters. The molecule has 0 aromatic rings. The Morgan fingerprint density at radius 3 is 1.33 bits per heavy atom. The molecule has 0 aromatic carbocycles. The van der Waals surface area contributed by atoms with Crippen molar-refractivity contribution in [3.05, 3.63) is 11.6 Å². The monoisotopic (exact) mass is 220 g/mol. The molecule has 0 heterocycles. The maximum Gasteiger partial charge on any atom is 0.0672 e. The first-order valence-corrected chi connectivity index (χ1v) is 4.45. The highest BCUT2D eigenvalue weighted by molar-refractivity contribution is 5.92. The van der Waals surface area contributed by atoms with Crippen LogP contribution < -0.4 is 20.8 Å². The Labute approximate surface area is 90.0 Å². The minimum absolute atomic E-state index is 0.352. The lowest BCUT2D eigenvalue weighted by Gasteiger charge is -2.00. The predicted molar refractivity (Wildman–Crippen MR) is 51.3 cm³/mol. The number of hydrogen-bond acceptors (Lipinski definition) is 4. The van der Waals surface area contributed by atoms with Gasteiger partial charge in [-0.1, -0.05) is 0 Å². The highest BCUT2D eigenvalue weighted by atomic mass is 16.4. The summed E-state index contributed by atoms with van der Waals surface area (Å²) < 4.78 is 0. The molecule has 6 heteroatoms. The van der Waals surface area contributed by atoms with E-state index in [1.54, 1.807) is 0 Å². The van der Waals surface area contributed by atoms with Crippen LogP contribution in [0.5, 0.6) is 0 Å². The van der Waals surface area contributed by atoms with Gasteiger partial charge in [-0.25, -0.2) is 0 Å². The van der Waals surface area contributed by atoms with E-state index in [0.29, 0.717) is 6.08 Å². The van der Waals surface area contributed by atoms with Crippen molar-refractivity contribution in [1.29, 1.82) is 0 Å². The Morgan fingerprint density at radius 1 is 1.00 bits per heavy atom. The fourth-order valence-corrected chi connectivity index (χ4v) is 0.236. The van der Waals surface area contributed by atoms with Crippen LogP contribution in [-0.2, 0) is 9.59 Å². The molecular weight excluding hydrogens is 200 g/mol. The minimum Gasteiger partial charge on any atom is -0.545 e. The zero-order chi connectivity index (χ0) is 12.9. The molecule has 0 aliphatic carbocycles. The lowest BCUT2D eigenvalue weighted by Crippen LogP contribution is -2.74. The van der Waals surface area contributed by atoms with Crippen molar-refractivity contribution in [2.75, 3.05) is 28.2 Å². The third-order valence-electron chi connectivity index (χ3n) is 0.656. The second kappa shape index (κ2) is 15.1. The molecule has 0 aromatic heterocycles. The van der Waals surface area contributed by atoms with Gasteiger partial charge >= 0.3 is 0 Å². The molecule has 0 fully saturated rings. The third kappa shape index (κ3) is 32.5. The highest BCUT2D eigenvalue weighted by Crippen LogP contribution is 1.86. The quantitative estimate of drug-likeness (QED) is 0.454. The molecule has 0 unspecified atom stereocenters. The summed E-state index contributed by atoms with van der Waals surface area (Å²) in [6, 6.07) is 0. The van der Waals surface area contributed by atoms with E-state index in [1.165, 1.54) is 0 Å². The highest BCUT2D eigenvalue weighted by Gasteiger charge is 1.86. The number of hydrogen-bond donors (Lipinski definition) is 2. The maximum atomic E-state index is 9.76. The van der Waals surface area contributed by atoms with Crippen LogP contribution >= 0.6 is 0 Å². The Hall–Kier alpha value is -1.40. The van der Waals surface area contributed by atoms with Gasteiger partial charge in [0.05, 0.1) is 40.1 Å². The van der Waals surface area contributed by atoms with Crippen LogP contribution in [0.4, 0.5) is 0 Å². The summed E-state index contributed by atoms with van der Waals surface area (Å²) in [6.45, 7) is 1.12. The van der Waals surface area contributed by atoms with Gasteiger partial charge in [0.2, 0.25) is 0 Å². The van der Waals surface area contributed by atoms with E-state index in [0.717, 1.165) is 6.92 Å². The van der Waals surface area contributed by atoms with Crippen molar-refractivity contribution in [2.24, 2.45) is 0 Å². The molecule has 0 aliphatic heterocycles. The van der Waals surface area contributed by atoms with E-state index in [1.807, 2.05) is 38.8 Å². The van der Waals surface area contributed by atoms with Crippen LogP contribution in [0.25, 0.3) is 0 Å². The number of carboxylic acids is 2. The van der Waals surface area contributed by atoms with E-state index >= 15 is 0 Å². The van der Waals surface area contributed by atoms with Crippen LogP contribution in [0.15, 0.2) is 11.6 Å². The second-order valence-electron chi connectivity index (χ2n) is 2.59. The molecule has 6 nitrogen and oxygen atoms in total. The van der Waals surface area contributed by atoms with E-state index in [2.05, 4.69) is 0 Å². The molecule has 0 aliphatic rings. The van der Waals surface area contributed by atoms with Crippen molar-refractivity contribution in [3.63, 3.8) is 0 Å². The number of carboxylic acid groups (broad SMARTS) is 2. The molecule has 0 saturated carbocycles. The fraction of sp³-hybridized carbons (Fsp3) is 0.556. The first-order chi connectivity index (χ1) is 6.87. The van der Waals surface area contributed by atoms with Gasteiger partial charge in [-0.15, -0.1) is 0 Å². The van der Waals surface area contributed by atoms with Gasteiger partial charge in [-0.2, -0.15) is 0 Å². The molecule has 0 radical (unpaired) electrons. The van der Waals surface area contributed by atoms with E-state index in [4.69, 9.17) is 0 Å². The molecule has 0 bridgehead atoms. The number of carbonyl (C=O) groups excluding carboxylic acids is 2. The normalized spacial score (nSPS) is 9.00. The van der Waals surface area contributed by atoms with Gasteiger partial charge in [0.1, 0.15) is 0 Å². The van der Waals surface area contributed by atoms with Crippen molar-refractivity contribution < 1.29 is 30.4 Å². The first-order valence-electron chi connectivity index (χ1n) is 4.45. The summed E-state index contributed by atoms with van der Waals surface area (Å²) >= 11 is 0. The second-order valence-corrected chi connectivity index (χ2v) is 2.59. The number of quaternary nitrogens is 2. The average Bonchev–Trinajstić information content (AvgIpc) is 2.05. The zero-order valence-corrected chi connectivity index (χ0v) is 9.87. The number of carbonyl (C=O) groups is 2. The summed E-state index contributed by atoms with van der Waals surface area (Å²) in [6.07, 6.45) is 0.468. The molecule has 0 spiro atoms. The first kappa shape index (κ1) is 19.2. The summed E-state index contributed by atoms with van der Waals surface area (Å²) in [5, 5.41) is 23.4. The Bertz CT molecular complexity index is 200. The van der Waals surface area contributed by atoms with E-state index in [9.17, 15) is 19.8 Å². The lowest BCUT2D eigenvalue weighted by atomic mass is 10.3. The topological polar surface area (TPSA) is 113 Å². The summed E-state index contributed by atoms with van der Waals surface area (Å²) in [5.41, 5.74) is -0.352. The fourth-order valence-electron chi connectivity index (χ4n) is 0.236. The van der Waals surface area contributed by atoms with Gasteiger partial charge in [0.25, 0.3) is 0 Å². The lowest BCUT2D eigenvalue weighted by molar-refractivity contribution is -0.597. The van der Waals surface area contributed by atoms with Gasteiger partial charge in [-0.3, -0.25) is 0 Å². The summed E-state index contributed by atoms with van der Waals surface area (Å²) in [4.78, 5) is 19.4. The van der Waals surface area contributed by atoms with Crippen LogP contribution in [0.3, 0.4) is 0 Å². The van der Waals surface area contributed by atoms with Crippen LogP contribution in [0.2, 0.25) is 0 Å². The number of rotatable bonds is 2. The average molecular weight is 220 g/mol. The molecular formula is C9H20N2O4. The smallest absolute Gasteiger partial charge is 0.0672 e. The zero-order valence-electron chi connectivity index (χ0n) is 9.87. The maximum absolute atomic E-state index is 9.76. The van der Waals surface area contributed by atoms with Crippen molar-refractivity contribution >= 4 is 11.9 Å². The van der Waals surface area contributed by atoms with Crippen molar-refractivity contribution in [2.45, 2.75) is 6.92 Å². The minimum atomic E-state index is -1.53. The van der Waals surface area contributed by atoms with Crippen molar-refractivity contribution in [1.82, 2.24) is 0 Å². The summed E-state index contributed by atoms with van der Waals surface area (Å²) in [5.74, 6) is -3.03. The van der Waals surface area contributed by atoms with Gasteiger partial charge < -0.3 is 30.4 Å². The molecule has 0 saturated heterocycles. The van der Waals surface area contributed by atoms with Crippen molar-refractivity contribution in [3.8, 4) is 0 Å². The molecule has 90 valence electrons. The largest absolute Gasteiger partial charge is 0.545 e. The molecule has 15 heavy (non-hydrogen) atoms. The van der Waals surface area contributed by atoms with E-state index in [-0.39, 0.29) is 5.57 Å². The van der Waals surface area contributed by atoms with Crippen LogP contribution in [-0.4, -0.2) is 40.1 Å². The SMILES string of the molecule is C/C(=C\C(=O)[O-])C(=O)[O-].C[NH2+]C.C[NH2+]C. The summed E-state index contributed by atoms with van der Waals surface area (Å²) in [7, 11) is 8.00. The van der Waals surface area contributed by atoms with Gasteiger partial charge in [0.15, 0.2) is 0 Å². The molecule has 4 N–H and O–H groups in total.